The topological polar surface area (TPSA) is 47.7 Å². The molecule has 0 spiro atoms. The van der Waals surface area contributed by atoms with Gasteiger partial charge in [0.25, 0.3) is 0 Å². The average molecular weight is 228 g/mol. The molecular weight excluding hydrogens is 204 g/mol. The van der Waals surface area contributed by atoms with E-state index in [0.717, 1.165) is 19.5 Å². The van der Waals surface area contributed by atoms with Crippen LogP contribution in [0, 0.1) is 5.92 Å². The van der Waals surface area contributed by atoms with Gasteiger partial charge >= 0.3 is 0 Å². The highest BCUT2D eigenvalue weighted by Gasteiger charge is 2.45. The summed E-state index contributed by atoms with van der Waals surface area (Å²) in [6.07, 6.45) is 2.28. The lowest BCUT2D eigenvalue weighted by Gasteiger charge is -2.30. The van der Waals surface area contributed by atoms with E-state index in [1.807, 2.05) is 0 Å². The normalized spacial score (nSPS) is 40.7. The van der Waals surface area contributed by atoms with Crippen LogP contribution in [0.25, 0.3) is 0 Å². The molecular formula is C12H24N2O2. The second-order valence-electron chi connectivity index (χ2n) is 5.02. The molecule has 0 aromatic rings. The Morgan fingerprint density at radius 2 is 2.31 bits per heavy atom. The molecule has 94 valence electrons. The third-order valence-electron chi connectivity index (χ3n) is 3.91. The summed E-state index contributed by atoms with van der Waals surface area (Å²) >= 11 is 0. The average Bonchev–Trinajstić information content (AvgIpc) is 2.86. The Hall–Kier alpha value is -0.160. The van der Waals surface area contributed by atoms with Gasteiger partial charge in [0.15, 0.2) is 5.79 Å². The Morgan fingerprint density at radius 3 is 2.94 bits per heavy atom. The summed E-state index contributed by atoms with van der Waals surface area (Å²) in [5.74, 6) is 0.138. The predicted octanol–water partition coefficient (Wildman–Crippen LogP) is 0.809. The van der Waals surface area contributed by atoms with Gasteiger partial charge < -0.3 is 20.1 Å². The van der Waals surface area contributed by atoms with E-state index in [2.05, 4.69) is 18.7 Å². The zero-order chi connectivity index (χ0) is 11.6. The number of rotatable bonds is 4. The van der Waals surface area contributed by atoms with Crippen LogP contribution in [0.15, 0.2) is 0 Å². The van der Waals surface area contributed by atoms with Crippen LogP contribution in [0.5, 0.6) is 0 Å². The van der Waals surface area contributed by atoms with Crippen LogP contribution in [0.3, 0.4) is 0 Å². The van der Waals surface area contributed by atoms with Crippen LogP contribution >= 0.6 is 0 Å². The van der Waals surface area contributed by atoms with Gasteiger partial charge in [0.05, 0.1) is 12.7 Å². The molecule has 2 saturated heterocycles. The van der Waals surface area contributed by atoms with Crippen LogP contribution in [0.4, 0.5) is 0 Å². The quantitative estimate of drug-likeness (QED) is 0.773. The second-order valence-corrected chi connectivity index (χ2v) is 5.02. The molecule has 4 heteroatoms. The summed E-state index contributed by atoms with van der Waals surface area (Å²) in [4.78, 5) is 2.46. The summed E-state index contributed by atoms with van der Waals surface area (Å²) in [5, 5.41) is 0. The fraction of sp³-hybridized carbons (Fsp3) is 1.00. The van der Waals surface area contributed by atoms with Gasteiger partial charge in [0.1, 0.15) is 0 Å². The fourth-order valence-corrected chi connectivity index (χ4v) is 2.75. The first-order valence-corrected chi connectivity index (χ1v) is 6.42. The Kier molecular flexibility index (Phi) is 3.85. The molecule has 0 radical (unpaired) electrons. The van der Waals surface area contributed by atoms with Crippen molar-refractivity contribution in [1.29, 1.82) is 0 Å². The van der Waals surface area contributed by atoms with E-state index >= 15 is 0 Å². The summed E-state index contributed by atoms with van der Waals surface area (Å²) in [6.45, 7) is 9.07. The van der Waals surface area contributed by atoms with Crippen LogP contribution in [-0.2, 0) is 9.47 Å². The smallest absolute Gasteiger partial charge is 0.170 e. The molecule has 2 aliphatic rings. The van der Waals surface area contributed by atoms with Crippen molar-refractivity contribution in [3.05, 3.63) is 0 Å². The van der Waals surface area contributed by atoms with Crippen LogP contribution in [0.1, 0.15) is 26.7 Å². The van der Waals surface area contributed by atoms with Crippen molar-refractivity contribution >= 4 is 0 Å². The number of ether oxygens (including phenoxy) is 2. The molecule has 0 amide bonds. The van der Waals surface area contributed by atoms with Gasteiger partial charge in [-0.1, -0.05) is 6.92 Å². The summed E-state index contributed by atoms with van der Waals surface area (Å²) in [6, 6.07) is 0. The molecule has 0 saturated carbocycles. The van der Waals surface area contributed by atoms with Crippen molar-refractivity contribution in [1.82, 2.24) is 4.90 Å². The third kappa shape index (κ3) is 2.40. The molecule has 2 aliphatic heterocycles. The summed E-state index contributed by atoms with van der Waals surface area (Å²) < 4.78 is 11.9. The summed E-state index contributed by atoms with van der Waals surface area (Å²) in [7, 11) is 0. The first-order chi connectivity index (χ1) is 7.68. The van der Waals surface area contributed by atoms with Crippen LogP contribution in [-0.4, -0.2) is 49.6 Å². The highest BCUT2D eigenvalue weighted by Crippen LogP contribution is 2.36. The van der Waals surface area contributed by atoms with Gasteiger partial charge in [0.2, 0.25) is 0 Å². The van der Waals surface area contributed by atoms with Gasteiger partial charge in [-0.2, -0.15) is 0 Å². The Morgan fingerprint density at radius 1 is 1.50 bits per heavy atom. The number of nitrogens with two attached hydrogens (primary N) is 1. The first kappa shape index (κ1) is 12.3. The van der Waals surface area contributed by atoms with Crippen molar-refractivity contribution < 1.29 is 9.47 Å². The molecule has 4 nitrogen and oxygen atoms in total. The fourth-order valence-electron chi connectivity index (χ4n) is 2.75. The third-order valence-corrected chi connectivity index (χ3v) is 3.91. The van der Waals surface area contributed by atoms with E-state index in [9.17, 15) is 0 Å². The number of hydrogen-bond acceptors (Lipinski definition) is 4. The SMILES string of the molecule is CCN1CCC(C2(C)OCC(CCN)O2)C1. The number of likely N-dealkylation sites (tertiary alicyclic amines) is 1. The molecule has 0 bridgehead atoms. The molecule has 0 aromatic heterocycles. The van der Waals surface area contributed by atoms with E-state index in [4.69, 9.17) is 15.2 Å². The molecule has 2 fully saturated rings. The van der Waals surface area contributed by atoms with Crippen molar-refractivity contribution in [3.63, 3.8) is 0 Å². The molecule has 0 aliphatic carbocycles. The largest absolute Gasteiger partial charge is 0.347 e. The Balaban J connectivity index is 1.89. The van der Waals surface area contributed by atoms with Crippen molar-refractivity contribution in [3.8, 4) is 0 Å². The van der Waals surface area contributed by atoms with E-state index in [0.29, 0.717) is 19.1 Å². The van der Waals surface area contributed by atoms with Gasteiger partial charge in [-0.3, -0.25) is 0 Å². The Bertz CT molecular complexity index is 237. The van der Waals surface area contributed by atoms with Gasteiger partial charge in [-0.05, 0) is 39.4 Å². The molecule has 2 heterocycles. The van der Waals surface area contributed by atoms with Gasteiger partial charge in [-0.25, -0.2) is 0 Å². The highest BCUT2D eigenvalue weighted by atomic mass is 16.7. The molecule has 0 aromatic carbocycles. The zero-order valence-corrected chi connectivity index (χ0v) is 10.4. The molecule has 2 rings (SSSR count). The maximum Gasteiger partial charge on any atom is 0.170 e. The lowest BCUT2D eigenvalue weighted by molar-refractivity contribution is -0.188. The molecule has 16 heavy (non-hydrogen) atoms. The van der Waals surface area contributed by atoms with Crippen molar-refractivity contribution in [2.75, 3.05) is 32.8 Å². The van der Waals surface area contributed by atoms with Gasteiger partial charge in [-0.15, -0.1) is 0 Å². The zero-order valence-electron chi connectivity index (χ0n) is 10.4. The van der Waals surface area contributed by atoms with Crippen molar-refractivity contribution in [2.45, 2.75) is 38.6 Å². The molecule has 3 unspecified atom stereocenters. The van der Waals surface area contributed by atoms with E-state index in [1.54, 1.807) is 0 Å². The second kappa shape index (κ2) is 5.00. The number of hydrogen-bond donors (Lipinski definition) is 1. The van der Waals surface area contributed by atoms with Gasteiger partial charge in [0, 0.05) is 12.5 Å². The molecule has 2 N–H and O–H groups in total. The Labute approximate surface area is 98.1 Å². The minimum absolute atomic E-state index is 0.200. The maximum atomic E-state index is 6.04. The predicted molar refractivity (Wildman–Crippen MR) is 63.1 cm³/mol. The standard InChI is InChI=1S/C12H24N2O2/c1-3-14-7-5-10(8-14)12(2)15-9-11(16-12)4-6-13/h10-11H,3-9,13H2,1-2H3. The van der Waals surface area contributed by atoms with Crippen molar-refractivity contribution in [2.24, 2.45) is 11.7 Å². The minimum atomic E-state index is -0.371. The van der Waals surface area contributed by atoms with E-state index in [1.165, 1.54) is 13.0 Å². The minimum Gasteiger partial charge on any atom is -0.347 e. The van der Waals surface area contributed by atoms with E-state index in [-0.39, 0.29) is 11.9 Å². The van der Waals surface area contributed by atoms with E-state index < -0.39 is 0 Å². The maximum absolute atomic E-state index is 6.04. The lowest BCUT2D eigenvalue weighted by atomic mass is 9.99. The first-order valence-electron chi connectivity index (χ1n) is 6.42. The summed E-state index contributed by atoms with van der Waals surface area (Å²) in [5.41, 5.74) is 5.55. The molecule has 3 atom stereocenters. The van der Waals surface area contributed by atoms with Crippen LogP contribution in [0.2, 0.25) is 0 Å². The highest BCUT2D eigenvalue weighted by molar-refractivity contribution is 4.88. The number of nitrogens with zero attached hydrogens (tertiary/aromatic N) is 1. The monoisotopic (exact) mass is 228 g/mol. The van der Waals surface area contributed by atoms with Crippen LogP contribution < -0.4 is 5.73 Å². The lowest BCUT2D eigenvalue weighted by Crippen LogP contribution is -2.38.